The molecule has 5 rings (SSSR count). The number of hydrogen-bond donors (Lipinski definition) is 0. The number of aromatic nitrogens is 1. The second kappa shape index (κ2) is 10.4. The zero-order chi connectivity index (χ0) is 25.1. The molecule has 0 fully saturated rings. The van der Waals surface area contributed by atoms with Gasteiger partial charge in [-0.2, -0.15) is 0 Å². The normalized spacial score (nSPS) is 11.0. The van der Waals surface area contributed by atoms with Crippen LogP contribution in [0.15, 0.2) is 114 Å². The van der Waals surface area contributed by atoms with Crippen molar-refractivity contribution in [1.82, 2.24) is 4.57 Å². The summed E-state index contributed by atoms with van der Waals surface area (Å²) in [6, 6.07) is 34.5. The van der Waals surface area contributed by atoms with Crippen molar-refractivity contribution in [2.45, 2.75) is 18.4 Å². The Morgan fingerprint density at radius 2 is 1.42 bits per heavy atom. The number of carbonyl (C=O) groups is 1. The van der Waals surface area contributed by atoms with Crippen molar-refractivity contribution in [2.75, 3.05) is 6.26 Å². The van der Waals surface area contributed by atoms with Gasteiger partial charge in [-0.25, -0.2) is 4.39 Å². The molecule has 5 aromatic rings. The van der Waals surface area contributed by atoms with Crippen molar-refractivity contribution in [3.8, 4) is 16.8 Å². The summed E-state index contributed by atoms with van der Waals surface area (Å²) >= 11 is 1.55. The second-order valence-electron chi connectivity index (χ2n) is 8.74. The summed E-state index contributed by atoms with van der Waals surface area (Å²) in [5, 5.41) is 0.872. The minimum atomic E-state index is -0.303. The monoisotopic (exact) mass is 491 g/mol. The van der Waals surface area contributed by atoms with Gasteiger partial charge in [0.25, 0.3) is 0 Å². The van der Waals surface area contributed by atoms with Crippen molar-refractivity contribution in [2.24, 2.45) is 0 Å². The van der Waals surface area contributed by atoms with Crippen molar-refractivity contribution in [3.05, 3.63) is 143 Å². The molecular weight excluding hydrogens is 465 g/mol. The van der Waals surface area contributed by atoms with E-state index in [2.05, 4.69) is 28.8 Å². The van der Waals surface area contributed by atoms with Crippen LogP contribution in [0.2, 0.25) is 0 Å². The summed E-state index contributed by atoms with van der Waals surface area (Å²) in [6.45, 7) is 2.01. The Morgan fingerprint density at radius 1 is 0.806 bits per heavy atom. The van der Waals surface area contributed by atoms with Crippen LogP contribution in [0.4, 0.5) is 4.39 Å². The van der Waals surface area contributed by atoms with Gasteiger partial charge in [0.15, 0.2) is 5.78 Å². The number of halogens is 1. The first-order valence-electron chi connectivity index (χ1n) is 11.8. The fourth-order valence-corrected chi connectivity index (χ4v) is 5.38. The molecule has 0 atom stereocenters. The van der Waals surface area contributed by atoms with Crippen molar-refractivity contribution < 1.29 is 9.18 Å². The van der Waals surface area contributed by atoms with Gasteiger partial charge in [-0.3, -0.25) is 4.79 Å². The number of ketones is 1. The van der Waals surface area contributed by atoms with E-state index in [1.165, 1.54) is 12.1 Å². The van der Waals surface area contributed by atoms with E-state index in [4.69, 9.17) is 0 Å². The van der Waals surface area contributed by atoms with Crippen LogP contribution < -0.4 is 0 Å². The highest BCUT2D eigenvalue weighted by molar-refractivity contribution is 7.98. The quantitative estimate of drug-likeness (QED) is 0.169. The van der Waals surface area contributed by atoms with E-state index >= 15 is 0 Å². The minimum Gasteiger partial charge on any atom is -0.307 e. The lowest BCUT2D eigenvalue weighted by Crippen LogP contribution is -2.05. The molecule has 0 unspecified atom stereocenters. The third-order valence-corrected chi connectivity index (χ3v) is 7.09. The molecule has 4 aromatic carbocycles. The molecule has 0 saturated heterocycles. The predicted octanol–water partition coefficient (Wildman–Crippen LogP) is 8.14. The van der Waals surface area contributed by atoms with Gasteiger partial charge in [-0.1, -0.05) is 90.5 Å². The van der Waals surface area contributed by atoms with E-state index < -0.39 is 0 Å². The second-order valence-corrected chi connectivity index (χ2v) is 9.54. The summed E-state index contributed by atoms with van der Waals surface area (Å²) in [7, 11) is 0. The number of nitrogens with zero attached hydrogens (tertiary/aromatic N) is 1. The molecule has 0 radical (unpaired) electrons. The summed E-state index contributed by atoms with van der Waals surface area (Å²) in [6.07, 6.45) is 2.62. The van der Waals surface area contributed by atoms with Crippen molar-refractivity contribution in [1.29, 1.82) is 0 Å². The van der Waals surface area contributed by atoms with Crippen molar-refractivity contribution >= 4 is 17.5 Å². The van der Waals surface area contributed by atoms with Crippen LogP contribution in [0.3, 0.4) is 0 Å². The third-order valence-electron chi connectivity index (χ3n) is 6.32. The predicted molar refractivity (Wildman–Crippen MR) is 147 cm³/mol. The molecule has 0 aliphatic carbocycles. The van der Waals surface area contributed by atoms with Crippen LogP contribution in [0.5, 0.6) is 0 Å². The maximum Gasteiger partial charge on any atom is 0.196 e. The first kappa shape index (κ1) is 23.8. The molecule has 36 heavy (non-hydrogen) atoms. The van der Waals surface area contributed by atoms with Crippen molar-refractivity contribution in [3.63, 3.8) is 0 Å². The number of para-hydroxylation sites is 1. The van der Waals surface area contributed by atoms with E-state index in [0.717, 1.165) is 38.7 Å². The molecule has 0 aliphatic heterocycles. The number of thioether (sulfide) groups is 1. The van der Waals surface area contributed by atoms with Gasteiger partial charge in [0.05, 0.1) is 10.6 Å². The number of carbonyl (C=O) groups excluding carboxylic acids is 1. The Hall–Kier alpha value is -3.89. The molecule has 0 aliphatic rings. The lowest BCUT2D eigenvalue weighted by Gasteiger charge is -2.14. The maximum absolute atomic E-state index is 14.1. The SMILES string of the molecule is CSc1c(C(=O)c2ccc(C)cc2)c(-c2ccc(F)cc2)c(Cc2ccccc2)n1-c1ccccc1. The van der Waals surface area contributed by atoms with Crippen LogP contribution in [-0.4, -0.2) is 16.6 Å². The van der Waals surface area contributed by atoms with Gasteiger partial charge in [0.1, 0.15) is 5.82 Å². The smallest absolute Gasteiger partial charge is 0.196 e. The molecule has 2 nitrogen and oxygen atoms in total. The molecule has 0 spiro atoms. The van der Waals surface area contributed by atoms with Crippen LogP contribution in [0, 0.1) is 12.7 Å². The zero-order valence-electron chi connectivity index (χ0n) is 20.2. The molecule has 0 N–H and O–H groups in total. The Kier molecular flexibility index (Phi) is 6.88. The largest absolute Gasteiger partial charge is 0.307 e. The molecule has 1 aromatic heterocycles. The van der Waals surface area contributed by atoms with E-state index in [9.17, 15) is 9.18 Å². The summed E-state index contributed by atoms with van der Waals surface area (Å²) in [5.41, 5.74) is 7.17. The maximum atomic E-state index is 14.1. The highest BCUT2D eigenvalue weighted by Crippen LogP contribution is 2.41. The lowest BCUT2D eigenvalue weighted by atomic mass is 9.93. The van der Waals surface area contributed by atoms with Gasteiger partial charge in [0.2, 0.25) is 0 Å². The number of benzene rings is 4. The van der Waals surface area contributed by atoms with E-state index in [0.29, 0.717) is 17.5 Å². The molecule has 0 bridgehead atoms. The average Bonchev–Trinajstić information content (AvgIpc) is 3.24. The number of hydrogen-bond acceptors (Lipinski definition) is 2. The fourth-order valence-electron chi connectivity index (χ4n) is 4.58. The lowest BCUT2D eigenvalue weighted by molar-refractivity contribution is 0.103. The van der Waals surface area contributed by atoms with Gasteiger partial charge < -0.3 is 4.57 Å². The topological polar surface area (TPSA) is 22.0 Å². The van der Waals surface area contributed by atoms with Crippen LogP contribution in [0.1, 0.15) is 32.7 Å². The van der Waals surface area contributed by atoms with E-state index in [1.807, 2.05) is 73.8 Å². The van der Waals surface area contributed by atoms with Gasteiger partial charge in [-0.15, -0.1) is 11.8 Å². The van der Waals surface area contributed by atoms with E-state index in [-0.39, 0.29) is 11.6 Å². The fraction of sp³-hybridized carbons (Fsp3) is 0.0938. The Labute approximate surface area is 215 Å². The highest BCUT2D eigenvalue weighted by atomic mass is 32.2. The van der Waals surface area contributed by atoms with Gasteiger partial charge in [-0.05, 0) is 48.6 Å². The van der Waals surface area contributed by atoms with Crippen LogP contribution in [-0.2, 0) is 6.42 Å². The summed E-state index contributed by atoms with van der Waals surface area (Å²) in [4.78, 5) is 14.1. The average molecular weight is 492 g/mol. The standard InChI is InChI=1S/C32H26FNOS/c1-22-13-15-25(16-14-22)31(35)30-29(24-17-19-26(33)20-18-24)28(21-23-9-5-3-6-10-23)34(32(30)36-2)27-11-7-4-8-12-27/h3-20H,21H2,1-2H3. The Morgan fingerprint density at radius 3 is 2.03 bits per heavy atom. The minimum absolute atomic E-state index is 0.0392. The van der Waals surface area contributed by atoms with Gasteiger partial charge >= 0.3 is 0 Å². The molecule has 0 saturated carbocycles. The summed E-state index contributed by atoms with van der Waals surface area (Å²) < 4.78 is 16.1. The van der Waals surface area contributed by atoms with Gasteiger partial charge in [0, 0.05) is 28.9 Å². The van der Waals surface area contributed by atoms with E-state index in [1.54, 1.807) is 23.9 Å². The molecule has 4 heteroatoms. The Balaban J connectivity index is 1.85. The number of aryl methyl sites for hydroxylation is 1. The van der Waals surface area contributed by atoms with Crippen LogP contribution in [0.25, 0.3) is 16.8 Å². The molecule has 178 valence electrons. The molecular formula is C32H26FNOS. The highest BCUT2D eigenvalue weighted by Gasteiger charge is 2.29. The first-order valence-corrected chi connectivity index (χ1v) is 13.1. The van der Waals surface area contributed by atoms with Crippen LogP contribution >= 0.6 is 11.8 Å². The number of rotatable bonds is 7. The first-order chi connectivity index (χ1) is 17.6. The molecule has 1 heterocycles. The molecule has 0 amide bonds. The summed E-state index contributed by atoms with van der Waals surface area (Å²) in [5.74, 6) is -0.343. The zero-order valence-corrected chi connectivity index (χ0v) is 21.1. The Bertz CT molecular complexity index is 1490. The third kappa shape index (κ3) is 4.65.